The number of hydrogen-bond acceptors (Lipinski definition) is 11. The lowest BCUT2D eigenvalue weighted by Gasteiger charge is -2.28. The highest BCUT2D eigenvalue weighted by Gasteiger charge is 2.52. The zero-order valence-electron chi connectivity index (χ0n) is 47.6. The predicted octanol–water partition coefficient (Wildman–Crippen LogP) is 1.41. The van der Waals surface area contributed by atoms with Crippen LogP contribution in [0, 0.1) is 11.8 Å². The average Bonchev–Trinajstić information content (AvgIpc) is 4.10. The number of nitrogens with zero attached hydrogens (tertiary/aromatic N) is 3. The Labute approximate surface area is 475 Å². The van der Waals surface area contributed by atoms with Gasteiger partial charge in [0, 0.05) is 72.6 Å². The summed E-state index contributed by atoms with van der Waals surface area (Å²) >= 11 is 0. The fourth-order valence-corrected chi connectivity index (χ4v) is 10.3. The van der Waals surface area contributed by atoms with Crippen LogP contribution >= 0.6 is 0 Å². The van der Waals surface area contributed by atoms with Crippen molar-refractivity contribution in [1.82, 2.24) is 41.4 Å². The number of hydrogen-bond donors (Lipinski definition) is 7. The number of nitrogens with one attached hydrogen (secondary N) is 6. The molecule has 5 atom stereocenters. The number of halogens is 1. The van der Waals surface area contributed by atoms with Gasteiger partial charge < -0.3 is 68.4 Å². The van der Waals surface area contributed by atoms with Crippen LogP contribution in [-0.2, 0) is 38.3 Å². The molecule has 4 aliphatic rings. The van der Waals surface area contributed by atoms with E-state index in [2.05, 4.69) is 105 Å². The molecule has 2 saturated heterocycles. The minimum Gasteiger partial charge on any atom is -1.00 e. The van der Waals surface area contributed by atoms with E-state index in [0.717, 1.165) is 89.9 Å². The molecule has 1 aliphatic carbocycles. The molecule has 20 nitrogen and oxygen atoms in total. The number of unbranched alkanes of at least 4 members (excludes halogenated alkanes) is 3. The Morgan fingerprint density at radius 1 is 0.713 bits per heavy atom. The highest BCUT2D eigenvalue weighted by atomic mass is 35.5. The number of epoxide rings is 1. The van der Waals surface area contributed by atoms with Gasteiger partial charge >= 0.3 is 5.97 Å². The minimum absolute atomic E-state index is 0. The molecule has 0 aromatic heterocycles. The Balaban J connectivity index is 0.0000118. The molecule has 2 fully saturated rings. The van der Waals surface area contributed by atoms with Gasteiger partial charge in [0.2, 0.25) is 29.0 Å². The third-order valence-electron chi connectivity index (χ3n) is 14.5. The fourth-order valence-electron chi connectivity index (χ4n) is 10.3. The van der Waals surface area contributed by atoms with Crippen LogP contribution in [0.3, 0.4) is 0 Å². The Bertz CT molecular complexity index is 2860. The molecule has 7 amide bonds. The van der Waals surface area contributed by atoms with Crippen molar-refractivity contribution < 1.29 is 65.0 Å². The third-order valence-corrected chi connectivity index (χ3v) is 14.5. The Morgan fingerprint density at radius 2 is 1.32 bits per heavy atom. The summed E-state index contributed by atoms with van der Waals surface area (Å²) < 4.78 is 14.3. The van der Waals surface area contributed by atoms with Crippen molar-refractivity contribution in [2.24, 2.45) is 11.8 Å². The van der Waals surface area contributed by atoms with E-state index in [1.807, 2.05) is 52.0 Å². The molecule has 6 rings (SSSR count). The summed E-state index contributed by atoms with van der Waals surface area (Å²) in [7, 11) is 0. The van der Waals surface area contributed by atoms with E-state index in [1.54, 1.807) is 0 Å². The van der Waals surface area contributed by atoms with Gasteiger partial charge in [0.15, 0.2) is 12.2 Å². The van der Waals surface area contributed by atoms with Crippen molar-refractivity contribution in [2.75, 3.05) is 63.8 Å². The van der Waals surface area contributed by atoms with Gasteiger partial charge in [-0.2, -0.15) is 0 Å². The molecular weight excluding hydrogens is 1050 g/mol. The first-order valence-corrected chi connectivity index (χ1v) is 28.2. The number of rotatable bonds is 29. The molecule has 436 valence electrons. The van der Waals surface area contributed by atoms with E-state index in [0.29, 0.717) is 37.9 Å². The standard InChI is InChI=1S/C59H81N9O11.ClH/c1-9-66(10-2)38-23-25-42-47(32-38)78-48-33-39(67(11-3)12-4)24-26-43(48)51(42)40-20-15-16-21-41(40)54(71)61-28-18-14-13-17-27-60-49(69)34-62-50(70)35-63-55(72)44(30-36(5)6)64-56(73)52-53(79-52)57(74)65-45(31-37(7)8)58(75)68-29-19-22-46(68)59(76)77;/h15-16,20-21,23-26,32-33,36-37,44-46,52-53H,9-14,17-19,22,27-31,34-35H2,1-8H3,(H6-,60,61,62,63,64,65,69,70,71,72,73,74,76,77);1H/t44-,45-,46-,52-,53-;/m0./s1. The number of carbonyl (C=O) groups is 8. The van der Waals surface area contributed by atoms with Crippen molar-refractivity contribution in [3.63, 3.8) is 0 Å². The average molecular weight is 1130 g/mol. The lowest BCUT2D eigenvalue weighted by Crippen LogP contribution is -3.00. The summed E-state index contributed by atoms with van der Waals surface area (Å²) in [6.07, 6.45) is 1.89. The van der Waals surface area contributed by atoms with Crippen LogP contribution in [0.4, 0.5) is 5.69 Å². The maximum atomic E-state index is 13.9. The van der Waals surface area contributed by atoms with Crippen molar-refractivity contribution >= 4 is 64.0 Å². The number of amides is 7. The first kappa shape index (κ1) is 63.8. The number of likely N-dealkylation sites (tertiary alicyclic amines) is 1. The second-order valence-corrected chi connectivity index (χ2v) is 21.1. The summed E-state index contributed by atoms with van der Waals surface area (Å²) in [6, 6.07) is 17.2. The molecule has 0 unspecified atom stereocenters. The highest BCUT2D eigenvalue weighted by molar-refractivity contribution is 6.09. The Morgan fingerprint density at radius 3 is 1.96 bits per heavy atom. The van der Waals surface area contributed by atoms with Crippen LogP contribution in [-0.4, -0.2) is 147 Å². The predicted molar refractivity (Wildman–Crippen MR) is 302 cm³/mol. The number of anilines is 1. The first-order chi connectivity index (χ1) is 37.9. The second-order valence-electron chi connectivity index (χ2n) is 21.1. The summed E-state index contributed by atoms with van der Waals surface area (Å²) in [4.78, 5) is 107. The van der Waals surface area contributed by atoms with Crippen LogP contribution in [0.1, 0.15) is 117 Å². The summed E-state index contributed by atoms with van der Waals surface area (Å²) in [5.74, 6) is -4.20. The maximum absolute atomic E-state index is 13.9. The number of aliphatic carboxylic acids is 1. The number of carboxylic acid groups (broad SMARTS) is 1. The lowest BCUT2D eigenvalue weighted by atomic mass is 9.90. The van der Waals surface area contributed by atoms with Crippen LogP contribution in [0.5, 0.6) is 0 Å². The lowest BCUT2D eigenvalue weighted by molar-refractivity contribution is -0.149. The van der Waals surface area contributed by atoms with E-state index in [4.69, 9.17) is 9.15 Å². The number of fused-ring (bicyclic) bond motifs is 2. The molecule has 0 saturated carbocycles. The molecule has 21 heteroatoms. The van der Waals surface area contributed by atoms with Crippen LogP contribution in [0.2, 0.25) is 0 Å². The van der Waals surface area contributed by atoms with Gasteiger partial charge in [-0.15, -0.1) is 0 Å². The summed E-state index contributed by atoms with van der Waals surface area (Å²) in [5.41, 5.74) is 5.05. The molecule has 7 N–H and O–H groups in total. The van der Waals surface area contributed by atoms with Gasteiger partial charge in [-0.3, -0.25) is 33.6 Å². The van der Waals surface area contributed by atoms with Crippen molar-refractivity contribution in [3.05, 3.63) is 71.6 Å². The largest absolute Gasteiger partial charge is 1.00 e. The zero-order chi connectivity index (χ0) is 57.3. The Hall–Kier alpha value is -7.06. The molecule has 2 aromatic rings. The third kappa shape index (κ3) is 17.0. The normalized spacial score (nSPS) is 16.3. The van der Waals surface area contributed by atoms with Gasteiger partial charge in [-0.25, -0.2) is 9.37 Å². The number of carboxylic acids is 1. The number of benzene rings is 3. The smallest absolute Gasteiger partial charge is 0.326 e. The fraction of sp³-hybridized carbons (Fsp3) is 0.542. The first-order valence-electron chi connectivity index (χ1n) is 28.2. The van der Waals surface area contributed by atoms with Gasteiger partial charge in [0.25, 0.3) is 17.7 Å². The molecule has 0 radical (unpaired) electrons. The van der Waals surface area contributed by atoms with Gasteiger partial charge in [0.1, 0.15) is 42.6 Å². The van der Waals surface area contributed by atoms with Crippen molar-refractivity contribution in [1.29, 1.82) is 0 Å². The van der Waals surface area contributed by atoms with Crippen LogP contribution < -0.4 is 59.1 Å². The number of carbonyl (C=O) groups excluding carboxylic acids is 7. The van der Waals surface area contributed by atoms with Crippen LogP contribution in [0.25, 0.3) is 33.4 Å². The highest BCUT2D eigenvalue weighted by Crippen LogP contribution is 2.42. The van der Waals surface area contributed by atoms with E-state index in [-0.39, 0.29) is 56.1 Å². The van der Waals surface area contributed by atoms with Crippen molar-refractivity contribution in [2.45, 2.75) is 137 Å². The van der Waals surface area contributed by atoms with E-state index in [9.17, 15) is 43.5 Å². The number of ether oxygens (including phenoxy) is 1. The van der Waals surface area contributed by atoms with Gasteiger partial charge in [-0.1, -0.05) is 58.7 Å². The molecular formula is C59H82ClN9O11. The zero-order valence-corrected chi connectivity index (χ0v) is 48.3. The molecule has 2 aromatic carbocycles. The monoisotopic (exact) mass is 1130 g/mol. The molecule has 3 heterocycles. The van der Waals surface area contributed by atoms with Gasteiger partial charge in [0.05, 0.1) is 19.2 Å². The summed E-state index contributed by atoms with van der Waals surface area (Å²) in [6.45, 7) is 19.7. The molecule has 3 aliphatic heterocycles. The molecule has 0 spiro atoms. The second kappa shape index (κ2) is 30.5. The molecule has 80 heavy (non-hydrogen) atoms. The molecule has 0 bridgehead atoms. The van der Waals surface area contributed by atoms with E-state index in [1.165, 1.54) is 4.90 Å². The van der Waals surface area contributed by atoms with E-state index >= 15 is 0 Å². The quantitative estimate of drug-likeness (QED) is 0.0176. The van der Waals surface area contributed by atoms with Gasteiger partial charge in [-0.05, 0) is 108 Å². The topological polar surface area (TPSA) is 264 Å². The maximum Gasteiger partial charge on any atom is 0.326 e. The SMILES string of the molecule is CCN(CC)c1ccc2c(-c3ccccc3C(=O)NCCCCCCNC(=O)CNC(=O)CNC(=O)[C@H](CC(C)C)NC(=O)[C@H]3O[C@@H]3C(=O)N[C@@H](CC(C)C)C(=O)N3CCC[C@H]3C(=O)O)c3ccc(=[N+](CC)CC)cc-3oc2c1.[Cl-]. The van der Waals surface area contributed by atoms with Crippen molar-refractivity contribution in [3.8, 4) is 22.5 Å². The Kier molecular flexibility index (Phi) is 24.3. The van der Waals surface area contributed by atoms with E-state index < -0.39 is 78.3 Å². The van der Waals surface area contributed by atoms with Crippen LogP contribution in [0.15, 0.2) is 65.1 Å². The summed E-state index contributed by atoms with van der Waals surface area (Å²) in [5, 5.41) is 27.7. The minimum atomic E-state index is -1.22.